The van der Waals surface area contributed by atoms with Gasteiger partial charge >= 0.3 is 7.75 Å². The maximum atomic E-state index is 12.1. The molecule has 5 nitrogen and oxygen atoms in total. The summed E-state index contributed by atoms with van der Waals surface area (Å²) in [5.41, 5.74) is 1.13. The fourth-order valence-electron chi connectivity index (χ4n) is 1.60. The molecule has 0 radical (unpaired) electrons. The van der Waals surface area contributed by atoms with Crippen LogP contribution in [0.3, 0.4) is 0 Å². The van der Waals surface area contributed by atoms with E-state index < -0.39 is 7.75 Å². The number of ether oxygens (including phenoxy) is 1. The highest BCUT2D eigenvalue weighted by molar-refractivity contribution is 7.51. The van der Waals surface area contributed by atoms with Crippen LogP contribution in [0.5, 0.6) is 5.75 Å². The quantitative estimate of drug-likeness (QED) is 0.707. The molecule has 0 saturated carbocycles. The Morgan fingerprint density at radius 3 is 2.16 bits per heavy atom. The number of nitrogens with one attached hydrogen (secondary N) is 1. The van der Waals surface area contributed by atoms with Gasteiger partial charge < -0.3 is 4.74 Å². The van der Waals surface area contributed by atoms with Crippen LogP contribution in [0.4, 0.5) is 0 Å². The predicted octanol–water partition coefficient (Wildman–Crippen LogP) is 3.01. The molecule has 6 heteroatoms. The first-order valence-corrected chi connectivity index (χ1v) is 7.95. The standard InChI is InChI=1S/C13H22NO4P/c1-4-17-19(15,18-5-2)14-11-10-12-6-8-13(16-3)9-7-12/h6-9H,4-5,10-11H2,1-3H3,(H,14,15). The molecule has 0 aliphatic rings. The van der Waals surface area contributed by atoms with Crippen LogP contribution in [0, 0.1) is 0 Å². The summed E-state index contributed by atoms with van der Waals surface area (Å²) in [6.07, 6.45) is 0.744. The molecule has 108 valence electrons. The van der Waals surface area contributed by atoms with Gasteiger partial charge in [-0.2, -0.15) is 0 Å². The van der Waals surface area contributed by atoms with Gasteiger partial charge in [-0.3, -0.25) is 9.05 Å². The first-order valence-electron chi connectivity index (χ1n) is 6.40. The lowest BCUT2D eigenvalue weighted by Crippen LogP contribution is -2.17. The van der Waals surface area contributed by atoms with Gasteiger partial charge in [-0.25, -0.2) is 9.65 Å². The minimum Gasteiger partial charge on any atom is -0.497 e. The lowest BCUT2D eigenvalue weighted by atomic mass is 10.1. The lowest BCUT2D eigenvalue weighted by molar-refractivity contribution is 0.211. The molecule has 1 N–H and O–H groups in total. The average molecular weight is 287 g/mol. The van der Waals surface area contributed by atoms with E-state index in [9.17, 15) is 4.57 Å². The zero-order chi connectivity index (χ0) is 14.1. The smallest absolute Gasteiger partial charge is 0.405 e. The van der Waals surface area contributed by atoms with Gasteiger partial charge in [0.15, 0.2) is 0 Å². The van der Waals surface area contributed by atoms with Crippen molar-refractivity contribution >= 4 is 7.75 Å². The summed E-state index contributed by atoms with van der Waals surface area (Å²) in [7, 11) is -1.51. The molecule has 0 aliphatic heterocycles. The largest absolute Gasteiger partial charge is 0.497 e. The molecule has 0 spiro atoms. The zero-order valence-electron chi connectivity index (χ0n) is 11.7. The number of rotatable bonds is 9. The molecule has 0 aromatic heterocycles. The maximum absolute atomic E-state index is 12.1. The van der Waals surface area contributed by atoms with Crippen molar-refractivity contribution in [3.05, 3.63) is 29.8 Å². The van der Waals surface area contributed by atoms with Crippen LogP contribution in [-0.4, -0.2) is 26.9 Å². The molecule has 0 aliphatic carbocycles. The molecular weight excluding hydrogens is 265 g/mol. The number of benzene rings is 1. The third kappa shape index (κ3) is 5.74. The van der Waals surface area contributed by atoms with Crippen LogP contribution < -0.4 is 9.82 Å². The number of hydrogen-bond donors (Lipinski definition) is 1. The van der Waals surface area contributed by atoms with Crippen LogP contribution in [-0.2, 0) is 20.0 Å². The monoisotopic (exact) mass is 287 g/mol. The Morgan fingerprint density at radius 2 is 1.68 bits per heavy atom. The van der Waals surface area contributed by atoms with Crippen molar-refractivity contribution in [2.75, 3.05) is 26.9 Å². The maximum Gasteiger partial charge on any atom is 0.405 e. The van der Waals surface area contributed by atoms with Crippen LogP contribution in [0.2, 0.25) is 0 Å². The molecule has 1 rings (SSSR count). The van der Waals surface area contributed by atoms with Crippen molar-refractivity contribution in [3.8, 4) is 5.75 Å². The van der Waals surface area contributed by atoms with E-state index in [1.165, 1.54) is 0 Å². The normalized spacial score (nSPS) is 11.5. The van der Waals surface area contributed by atoms with Crippen LogP contribution >= 0.6 is 7.75 Å². The molecule has 1 aromatic carbocycles. The minimum absolute atomic E-state index is 0.354. The van der Waals surface area contributed by atoms with E-state index in [1.807, 2.05) is 24.3 Å². The molecule has 0 atom stereocenters. The van der Waals surface area contributed by atoms with E-state index >= 15 is 0 Å². The Balaban J connectivity index is 2.44. The summed E-state index contributed by atoms with van der Waals surface area (Å²) in [6, 6.07) is 7.76. The van der Waals surface area contributed by atoms with E-state index in [1.54, 1.807) is 21.0 Å². The van der Waals surface area contributed by atoms with Gasteiger partial charge in [0.05, 0.1) is 20.3 Å². The Labute approximate surface area is 114 Å². The molecule has 0 unspecified atom stereocenters. The summed E-state index contributed by atoms with van der Waals surface area (Å²) >= 11 is 0. The Kier molecular flexibility index (Phi) is 7.10. The summed E-state index contributed by atoms with van der Waals surface area (Å²) in [5, 5.41) is 2.85. The van der Waals surface area contributed by atoms with Crippen molar-refractivity contribution in [1.29, 1.82) is 0 Å². The van der Waals surface area contributed by atoms with Crippen molar-refractivity contribution in [2.45, 2.75) is 20.3 Å². The summed E-state index contributed by atoms with van der Waals surface area (Å²) in [5.74, 6) is 0.825. The Bertz CT molecular complexity index is 398. The molecule has 0 saturated heterocycles. The lowest BCUT2D eigenvalue weighted by Gasteiger charge is -2.17. The highest BCUT2D eigenvalue weighted by Gasteiger charge is 2.22. The van der Waals surface area contributed by atoms with Gasteiger partial charge in [0, 0.05) is 6.54 Å². The van der Waals surface area contributed by atoms with Gasteiger partial charge in [0.2, 0.25) is 0 Å². The highest BCUT2D eigenvalue weighted by Crippen LogP contribution is 2.43. The van der Waals surface area contributed by atoms with Crippen LogP contribution in [0.15, 0.2) is 24.3 Å². The third-order valence-corrected chi connectivity index (χ3v) is 4.28. The molecule has 19 heavy (non-hydrogen) atoms. The fourth-order valence-corrected chi connectivity index (χ4v) is 2.92. The predicted molar refractivity (Wildman–Crippen MR) is 75.6 cm³/mol. The van der Waals surface area contributed by atoms with Crippen molar-refractivity contribution in [1.82, 2.24) is 5.09 Å². The van der Waals surface area contributed by atoms with Crippen molar-refractivity contribution in [3.63, 3.8) is 0 Å². The van der Waals surface area contributed by atoms with E-state index in [0.717, 1.165) is 17.7 Å². The average Bonchev–Trinajstić information content (AvgIpc) is 2.40. The SMILES string of the molecule is CCOP(=O)(NCCc1ccc(OC)cc1)OCC. The number of methoxy groups -OCH3 is 1. The van der Waals surface area contributed by atoms with Gasteiger partial charge in [0.25, 0.3) is 0 Å². The zero-order valence-corrected chi connectivity index (χ0v) is 12.6. The third-order valence-electron chi connectivity index (χ3n) is 2.48. The second-order valence-electron chi connectivity index (χ2n) is 3.84. The van der Waals surface area contributed by atoms with Crippen LogP contribution in [0.1, 0.15) is 19.4 Å². The first kappa shape index (κ1) is 16.2. The van der Waals surface area contributed by atoms with E-state index in [0.29, 0.717) is 19.8 Å². The van der Waals surface area contributed by atoms with Gasteiger partial charge in [-0.05, 0) is 38.0 Å². The molecule has 0 amide bonds. The Hall–Kier alpha value is -0.870. The van der Waals surface area contributed by atoms with E-state index in [-0.39, 0.29) is 0 Å². The fraction of sp³-hybridized carbons (Fsp3) is 0.538. The molecule has 0 heterocycles. The second-order valence-corrected chi connectivity index (χ2v) is 5.67. The van der Waals surface area contributed by atoms with Crippen molar-refractivity contribution in [2.24, 2.45) is 0 Å². The minimum atomic E-state index is -3.15. The summed E-state index contributed by atoms with van der Waals surface area (Å²) < 4.78 is 27.5. The van der Waals surface area contributed by atoms with E-state index in [4.69, 9.17) is 13.8 Å². The van der Waals surface area contributed by atoms with Gasteiger partial charge in [-0.15, -0.1) is 0 Å². The second kappa shape index (κ2) is 8.33. The highest BCUT2D eigenvalue weighted by atomic mass is 31.2. The van der Waals surface area contributed by atoms with Gasteiger partial charge in [0.1, 0.15) is 5.75 Å². The molecule has 1 aromatic rings. The van der Waals surface area contributed by atoms with E-state index in [2.05, 4.69) is 5.09 Å². The topological polar surface area (TPSA) is 56.8 Å². The summed E-state index contributed by atoms with van der Waals surface area (Å²) in [6.45, 7) is 4.82. The number of hydrogen-bond acceptors (Lipinski definition) is 4. The van der Waals surface area contributed by atoms with Gasteiger partial charge in [-0.1, -0.05) is 12.1 Å². The first-order chi connectivity index (χ1) is 9.13. The molecule has 0 fully saturated rings. The van der Waals surface area contributed by atoms with Crippen molar-refractivity contribution < 1.29 is 18.3 Å². The molecular formula is C13H22NO4P. The molecule has 0 bridgehead atoms. The Morgan fingerprint density at radius 1 is 1.11 bits per heavy atom. The summed E-state index contributed by atoms with van der Waals surface area (Å²) in [4.78, 5) is 0. The van der Waals surface area contributed by atoms with Crippen LogP contribution in [0.25, 0.3) is 0 Å².